The fourth-order valence-corrected chi connectivity index (χ4v) is 2.96. The van der Waals surface area contributed by atoms with Gasteiger partial charge in [0.05, 0.1) is 23.1 Å². The lowest BCUT2D eigenvalue weighted by Crippen LogP contribution is -2.44. The Hall–Kier alpha value is -1.23. The lowest BCUT2D eigenvalue weighted by atomic mass is 10.1. The molecular weight excluding hydrogens is 234 g/mol. The maximum Gasteiger partial charge on any atom is 0.256 e. The van der Waals surface area contributed by atoms with Crippen molar-refractivity contribution >= 4 is 23.4 Å². The second-order valence-electron chi connectivity index (χ2n) is 4.32. The number of rotatable bonds is 1. The van der Waals surface area contributed by atoms with Gasteiger partial charge < -0.3 is 10.6 Å². The first kappa shape index (κ1) is 12.2. The van der Waals surface area contributed by atoms with Crippen molar-refractivity contribution in [1.82, 2.24) is 9.88 Å². The van der Waals surface area contributed by atoms with E-state index in [1.165, 1.54) is 0 Å². The highest BCUT2D eigenvalue weighted by Gasteiger charge is 2.25. The molecule has 0 radical (unpaired) electrons. The predicted molar refractivity (Wildman–Crippen MR) is 71.2 cm³/mol. The number of pyridine rings is 1. The van der Waals surface area contributed by atoms with E-state index >= 15 is 0 Å². The maximum atomic E-state index is 12.4. The van der Waals surface area contributed by atoms with Gasteiger partial charge in [0.15, 0.2) is 0 Å². The van der Waals surface area contributed by atoms with Gasteiger partial charge in [0.25, 0.3) is 5.91 Å². The summed E-state index contributed by atoms with van der Waals surface area (Å²) in [6.07, 6.45) is 1.58. The number of aromatic nitrogens is 1. The van der Waals surface area contributed by atoms with Crippen LogP contribution in [0, 0.1) is 6.92 Å². The Labute approximate surface area is 106 Å². The zero-order valence-electron chi connectivity index (χ0n) is 10.1. The molecule has 1 amide bonds. The van der Waals surface area contributed by atoms with Gasteiger partial charge in [-0.25, -0.2) is 0 Å². The summed E-state index contributed by atoms with van der Waals surface area (Å²) < 4.78 is 0. The van der Waals surface area contributed by atoms with E-state index in [9.17, 15) is 4.79 Å². The second-order valence-corrected chi connectivity index (χ2v) is 5.47. The summed E-state index contributed by atoms with van der Waals surface area (Å²) in [6.45, 7) is 4.73. The molecule has 4 nitrogen and oxygen atoms in total. The summed E-state index contributed by atoms with van der Waals surface area (Å²) in [7, 11) is 0. The molecule has 17 heavy (non-hydrogen) atoms. The summed E-state index contributed by atoms with van der Waals surface area (Å²) in [5.74, 6) is 2.06. The van der Waals surface area contributed by atoms with E-state index in [-0.39, 0.29) is 11.9 Å². The fraction of sp³-hybridized carbons (Fsp3) is 0.500. The van der Waals surface area contributed by atoms with Crippen LogP contribution in [0.1, 0.15) is 23.0 Å². The van der Waals surface area contributed by atoms with Crippen LogP contribution in [0.3, 0.4) is 0 Å². The number of anilines is 1. The minimum absolute atomic E-state index is 0.0510. The highest BCUT2D eigenvalue weighted by atomic mass is 32.2. The van der Waals surface area contributed by atoms with E-state index in [0.29, 0.717) is 11.3 Å². The molecule has 1 saturated heterocycles. The minimum atomic E-state index is 0.0510. The Morgan fingerprint density at radius 1 is 1.65 bits per heavy atom. The van der Waals surface area contributed by atoms with Gasteiger partial charge in [-0.1, -0.05) is 0 Å². The Kier molecular flexibility index (Phi) is 3.57. The molecule has 0 bridgehead atoms. The number of nitrogens with two attached hydrogens (primary N) is 1. The maximum absolute atomic E-state index is 12.4. The molecule has 0 spiro atoms. The average Bonchev–Trinajstić information content (AvgIpc) is 2.32. The molecular formula is C12H17N3OS. The Morgan fingerprint density at radius 3 is 3.12 bits per heavy atom. The third-order valence-corrected chi connectivity index (χ3v) is 4.16. The van der Waals surface area contributed by atoms with Crippen molar-refractivity contribution < 1.29 is 4.79 Å². The number of carbonyl (C=O) groups is 1. The standard InChI is InChI=1S/C12H17N3OS/c1-8-7-17-4-3-15(8)12(16)11-5-10(13)6-14-9(11)2/h5-6,8H,3-4,7,13H2,1-2H3. The van der Waals surface area contributed by atoms with Crippen LogP contribution in [-0.4, -0.2) is 39.9 Å². The van der Waals surface area contributed by atoms with Gasteiger partial charge in [-0.05, 0) is 19.9 Å². The van der Waals surface area contributed by atoms with E-state index in [1.54, 1.807) is 12.3 Å². The molecule has 1 fully saturated rings. The highest BCUT2D eigenvalue weighted by Crippen LogP contribution is 2.20. The Balaban J connectivity index is 2.26. The normalized spacial score (nSPS) is 20.4. The summed E-state index contributed by atoms with van der Waals surface area (Å²) in [4.78, 5) is 18.5. The lowest BCUT2D eigenvalue weighted by molar-refractivity contribution is 0.0715. The second kappa shape index (κ2) is 4.96. The molecule has 1 unspecified atom stereocenters. The number of nitrogen functional groups attached to an aromatic ring is 1. The van der Waals surface area contributed by atoms with Crippen molar-refractivity contribution in [3.05, 3.63) is 23.5 Å². The quantitative estimate of drug-likeness (QED) is 0.822. The van der Waals surface area contributed by atoms with Gasteiger partial charge in [-0.15, -0.1) is 0 Å². The van der Waals surface area contributed by atoms with Crippen LogP contribution < -0.4 is 5.73 Å². The third kappa shape index (κ3) is 2.54. The van der Waals surface area contributed by atoms with Crippen LogP contribution in [0.5, 0.6) is 0 Å². The monoisotopic (exact) mass is 251 g/mol. The third-order valence-electron chi connectivity index (χ3n) is 2.97. The number of hydrogen-bond acceptors (Lipinski definition) is 4. The molecule has 92 valence electrons. The summed E-state index contributed by atoms with van der Waals surface area (Å²) in [6, 6.07) is 2.00. The summed E-state index contributed by atoms with van der Waals surface area (Å²) >= 11 is 1.89. The van der Waals surface area contributed by atoms with Crippen LogP contribution in [0.2, 0.25) is 0 Å². The Bertz CT molecular complexity index is 436. The van der Waals surface area contributed by atoms with Crippen LogP contribution in [0.4, 0.5) is 5.69 Å². The molecule has 2 heterocycles. The molecule has 1 aromatic rings. The van der Waals surface area contributed by atoms with Gasteiger partial charge in [0.1, 0.15) is 0 Å². The predicted octanol–water partition coefficient (Wildman–Crippen LogP) is 1.55. The van der Waals surface area contributed by atoms with Gasteiger partial charge in [0, 0.05) is 24.1 Å². The zero-order valence-corrected chi connectivity index (χ0v) is 11.0. The first-order valence-electron chi connectivity index (χ1n) is 5.70. The number of hydrogen-bond donors (Lipinski definition) is 1. The largest absolute Gasteiger partial charge is 0.397 e. The number of amides is 1. The van der Waals surface area contributed by atoms with E-state index in [4.69, 9.17) is 5.73 Å². The molecule has 5 heteroatoms. The topological polar surface area (TPSA) is 59.2 Å². The van der Waals surface area contributed by atoms with Crippen molar-refractivity contribution in [3.63, 3.8) is 0 Å². The van der Waals surface area contributed by atoms with Crippen molar-refractivity contribution in [1.29, 1.82) is 0 Å². The first-order chi connectivity index (χ1) is 8.09. The zero-order chi connectivity index (χ0) is 12.4. The molecule has 0 aliphatic carbocycles. The molecule has 0 aromatic carbocycles. The molecule has 2 rings (SSSR count). The van der Waals surface area contributed by atoms with Crippen molar-refractivity contribution in [3.8, 4) is 0 Å². The minimum Gasteiger partial charge on any atom is -0.397 e. The van der Waals surface area contributed by atoms with E-state index < -0.39 is 0 Å². The van der Waals surface area contributed by atoms with Crippen molar-refractivity contribution in [2.45, 2.75) is 19.9 Å². The number of aryl methyl sites for hydroxylation is 1. The fourth-order valence-electron chi connectivity index (χ4n) is 1.95. The van der Waals surface area contributed by atoms with Gasteiger partial charge in [-0.2, -0.15) is 11.8 Å². The molecule has 1 aromatic heterocycles. The van der Waals surface area contributed by atoms with E-state index in [1.807, 2.05) is 23.6 Å². The van der Waals surface area contributed by atoms with Crippen LogP contribution in [-0.2, 0) is 0 Å². The lowest BCUT2D eigenvalue weighted by Gasteiger charge is -2.33. The SMILES string of the molecule is Cc1ncc(N)cc1C(=O)N1CCSCC1C. The van der Waals surface area contributed by atoms with Gasteiger partial charge in [0.2, 0.25) is 0 Å². The highest BCUT2D eigenvalue weighted by molar-refractivity contribution is 7.99. The number of thioether (sulfide) groups is 1. The Morgan fingerprint density at radius 2 is 2.41 bits per heavy atom. The van der Waals surface area contributed by atoms with Gasteiger partial charge in [-0.3, -0.25) is 9.78 Å². The van der Waals surface area contributed by atoms with Crippen LogP contribution in [0.25, 0.3) is 0 Å². The summed E-state index contributed by atoms with van der Waals surface area (Å²) in [5.41, 5.74) is 7.61. The first-order valence-corrected chi connectivity index (χ1v) is 6.86. The smallest absolute Gasteiger partial charge is 0.256 e. The molecule has 2 N–H and O–H groups in total. The number of carbonyl (C=O) groups excluding carboxylic acids is 1. The van der Waals surface area contributed by atoms with E-state index in [0.717, 1.165) is 23.7 Å². The van der Waals surface area contributed by atoms with Crippen LogP contribution >= 0.6 is 11.8 Å². The summed E-state index contributed by atoms with van der Waals surface area (Å²) in [5, 5.41) is 0. The molecule has 1 aliphatic rings. The van der Waals surface area contributed by atoms with Crippen molar-refractivity contribution in [2.75, 3.05) is 23.8 Å². The van der Waals surface area contributed by atoms with Crippen LogP contribution in [0.15, 0.2) is 12.3 Å². The molecule has 0 saturated carbocycles. The molecule has 1 atom stereocenters. The molecule has 1 aliphatic heterocycles. The van der Waals surface area contributed by atoms with Gasteiger partial charge >= 0.3 is 0 Å². The van der Waals surface area contributed by atoms with E-state index in [2.05, 4.69) is 11.9 Å². The average molecular weight is 251 g/mol. The number of nitrogens with zero attached hydrogens (tertiary/aromatic N) is 2. The van der Waals surface area contributed by atoms with Crippen molar-refractivity contribution in [2.24, 2.45) is 0 Å².